The van der Waals surface area contributed by atoms with Crippen LogP contribution >= 0.6 is 0 Å². The number of benzene rings is 1. The third kappa shape index (κ3) is 3.35. The lowest BCUT2D eigenvalue weighted by Crippen LogP contribution is -2.41. The fourth-order valence-electron chi connectivity index (χ4n) is 3.81. The Morgan fingerprint density at radius 3 is 2.38 bits per heavy atom. The third-order valence-corrected chi connectivity index (χ3v) is 5.21. The van der Waals surface area contributed by atoms with Crippen LogP contribution in [0.4, 0.5) is 0 Å². The van der Waals surface area contributed by atoms with Crippen LogP contribution in [0.25, 0.3) is 0 Å². The van der Waals surface area contributed by atoms with Crippen molar-refractivity contribution >= 4 is 17.7 Å². The van der Waals surface area contributed by atoms with Gasteiger partial charge in [0.05, 0.1) is 11.8 Å². The van der Waals surface area contributed by atoms with Crippen molar-refractivity contribution in [1.82, 2.24) is 10.2 Å². The highest BCUT2D eigenvalue weighted by Crippen LogP contribution is 2.37. The van der Waals surface area contributed by atoms with Gasteiger partial charge < -0.3 is 5.32 Å². The second-order valence-corrected chi connectivity index (χ2v) is 6.79. The van der Waals surface area contributed by atoms with Crippen molar-refractivity contribution in [3.8, 4) is 0 Å². The molecule has 1 aliphatic carbocycles. The molecule has 2 atom stereocenters. The van der Waals surface area contributed by atoms with Gasteiger partial charge in [0.2, 0.25) is 17.7 Å². The maximum Gasteiger partial charge on any atom is 0.240 e. The molecule has 1 heterocycles. The summed E-state index contributed by atoms with van der Waals surface area (Å²) in [7, 11) is 0. The number of rotatable bonds is 5. The summed E-state index contributed by atoms with van der Waals surface area (Å²) in [6.07, 6.45) is 4.29. The number of hydrogen-bond donors (Lipinski definition) is 1. The zero-order chi connectivity index (χ0) is 17.1. The predicted molar refractivity (Wildman–Crippen MR) is 90.1 cm³/mol. The molecule has 0 radical (unpaired) electrons. The zero-order valence-corrected chi connectivity index (χ0v) is 14.1. The molecule has 1 saturated carbocycles. The molecule has 1 aliphatic heterocycles. The van der Waals surface area contributed by atoms with E-state index in [0.29, 0.717) is 6.54 Å². The molecule has 0 aromatic heterocycles. The van der Waals surface area contributed by atoms with Gasteiger partial charge in [-0.25, -0.2) is 0 Å². The first kappa shape index (κ1) is 16.7. The normalized spacial score (nSPS) is 23.3. The number of nitrogens with zero attached hydrogens (tertiary/aromatic N) is 1. The molecule has 24 heavy (non-hydrogen) atoms. The van der Waals surface area contributed by atoms with Gasteiger partial charge in [-0.15, -0.1) is 0 Å². The number of aryl methyl sites for hydroxylation is 1. The third-order valence-electron chi connectivity index (χ3n) is 5.21. The Morgan fingerprint density at radius 1 is 1.12 bits per heavy atom. The summed E-state index contributed by atoms with van der Waals surface area (Å²) in [6, 6.07) is 8.05. The SMILES string of the molecule is Cc1ccccc1CCNC(=O)CN1C(=O)[C@@H]2CCCC[C@H]2C1=O. The van der Waals surface area contributed by atoms with Gasteiger partial charge in [0, 0.05) is 6.54 Å². The second-order valence-electron chi connectivity index (χ2n) is 6.79. The maximum atomic E-state index is 12.4. The Balaban J connectivity index is 1.51. The number of nitrogens with one attached hydrogen (secondary N) is 1. The summed E-state index contributed by atoms with van der Waals surface area (Å²) in [5.41, 5.74) is 2.39. The van der Waals surface area contributed by atoms with Crippen LogP contribution in [0.3, 0.4) is 0 Å². The van der Waals surface area contributed by atoms with Gasteiger partial charge in [-0.3, -0.25) is 19.3 Å². The standard InChI is InChI=1S/C19H24N2O3/c1-13-6-2-3-7-14(13)10-11-20-17(22)12-21-18(23)15-8-4-5-9-16(15)19(21)24/h2-3,6-7,15-16H,4-5,8-12H2,1H3,(H,20,22)/t15-,16-/m1/s1. The number of likely N-dealkylation sites (tertiary alicyclic amines) is 1. The lowest BCUT2D eigenvalue weighted by Gasteiger charge is -2.19. The van der Waals surface area contributed by atoms with E-state index in [1.165, 1.54) is 16.0 Å². The van der Waals surface area contributed by atoms with Crippen molar-refractivity contribution < 1.29 is 14.4 Å². The number of carbonyl (C=O) groups excluding carboxylic acids is 3. The van der Waals surface area contributed by atoms with Crippen LogP contribution in [0.2, 0.25) is 0 Å². The molecular formula is C19H24N2O3. The van der Waals surface area contributed by atoms with Gasteiger partial charge in [-0.05, 0) is 37.3 Å². The number of hydrogen-bond acceptors (Lipinski definition) is 3. The van der Waals surface area contributed by atoms with Gasteiger partial charge >= 0.3 is 0 Å². The molecule has 0 spiro atoms. The van der Waals surface area contributed by atoms with E-state index in [4.69, 9.17) is 0 Å². The molecule has 3 rings (SSSR count). The molecule has 1 aromatic carbocycles. The van der Waals surface area contributed by atoms with E-state index in [9.17, 15) is 14.4 Å². The molecule has 2 aliphatic rings. The number of carbonyl (C=O) groups is 3. The second kappa shape index (κ2) is 7.16. The summed E-state index contributed by atoms with van der Waals surface area (Å²) < 4.78 is 0. The number of imide groups is 1. The van der Waals surface area contributed by atoms with E-state index in [-0.39, 0.29) is 36.1 Å². The smallest absolute Gasteiger partial charge is 0.240 e. The summed E-state index contributed by atoms with van der Waals surface area (Å²) in [5, 5.41) is 2.82. The lowest BCUT2D eigenvalue weighted by atomic mass is 9.81. The lowest BCUT2D eigenvalue weighted by molar-refractivity contribution is -0.143. The minimum absolute atomic E-state index is 0.140. The molecule has 5 nitrogen and oxygen atoms in total. The molecule has 2 fully saturated rings. The molecule has 0 unspecified atom stereocenters. The maximum absolute atomic E-state index is 12.4. The van der Waals surface area contributed by atoms with Crippen LogP contribution in [-0.2, 0) is 20.8 Å². The van der Waals surface area contributed by atoms with Crippen LogP contribution in [0, 0.1) is 18.8 Å². The minimum Gasteiger partial charge on any atom is -0.354 e. The summed E-state index contributed by atoms with van der Waals surface area (Å²) in [5.74, 6) is -0.946. The van der Waals surface area contributed by atoms with Gasteiger partial charge in [-0.1, -0.05) is 37.1 Å². The summed E-state index contributed by atoms with van der Waals surface area (Å²) in [4.78, 5) is 38.0. The predicted octanol–water partition coefficient (Wildman–Crippen LogP) is 1.83. The van der Waals surface area contributed by atoms with E-state index >= 15 is 0 Å². The summed E-state index contributed by atoms with van der Waals surface area (Å²) in [6.45, 7) is 2.41. The highest BCUT2D eigenvalue weighted by molar-refractivity contribution is 6.07. The minimum atomic E-state index is -0.260. The first-order chi connectivity index (χ1) is 11.6. The molecule has 128 valence electrons. The van der Waals surface area contributed by atoms with Crippen LogP contribution in [0.5, 0.6) is 0 Å². The molecule has 1 N–H and O–H groups in total. The quantitative estimate of drug-likeness (QED) is 0.839. The van der Waals surface area contributed by atoms with E-state index in [1.807, 2.05) is 31.2 Å². The molecular weight excluding hydrogens is 304 g/mol. The van der Waals surface area contributed by atoms with Gasteiger partial charge in [0.15, 0.2) is 0 Å². The molecule has 3 amide bonds. The Labute approximate surface area is 142 Å². The van der Waals surface area contributed by atoms with Crippen molar-refractivity contribution in [1.29, 1.82) is 0 Å². The van der Waals surface area contributed by atoms with Crippen molar-refractivity contribution in [2.45, 2.75) is 39.0 Å². The average molecular weight is 328 g/mol. The summed E-state index contributed by atoms with van der Waals surface area (Å²) >= 11 is 0. The van der Waals surface area contributed by atoms with Crippen LogP contribution in [0.1, 0.15) is 36.8 Å². The monoisotopic (exact) mass is 328 g/mol. The van der Waals surface area contributed by atoms with E-state index in [2.05, 4.69) is 5.32 Å². The Hall–Kier alpha value is -2.17. The first-order valence-corrected chi connectivity index (χ1v) is 8.74. The van der Waals surface area contributed by atoms with Crippen LogP contribution in [-0.4, -0.2) is 35.7 Å². The van der Waals surface area contributed by atoms with Crippen LogP contribution in [0.15, 0.2) is 24.3 Å². The Bertz CT molecular complexity index is 632. The van der Waals surface area contributed by atoms with E-state index < -0.39 is 0 Å². The molecule has 0 bridgehead atoms. The Morgan fingerprint density at radius 2 is 1.75 bits per heavy atom. The zero-order valence-electron chi connectivity index (χ0n) is 14.1. The van der Waals surface area contributed by atoms with Gasteiger partial charge in [0.1, 0.15) is 6.54 Å². The topological polar surface area (TPSA) is 66.5 Å². The van der Waals surface area contributed by atoms with E-state index in [0.717, 1.165) is 32.1 Å². The van der Waals surface area contributed by atoms with Crippen molar-refractivity contribution in [3.63, 3.8) is 0 Å². The van der Waals surface area contributed by atoms with E-state index in [1.54, 1.807) is 0 Å². The fraction of sp³-hybridized carbons (Fsp3) is 0.526. The van der Waals surface area contributed by atoms with Crippen molar-refractivity contribution in [3.05, 3.63) is 35.4 Å². The number of fused-ring (bicyclic) bond motifs is 1. The Kier molecular flexibility index (Phi) is 4.97. The van der Waals surface area contributed by atoms with Gasteiger partial charge in [0.25, 0.3) is 0 Å². The fourth-order valence-corrected chi connectivity index (χ4v) is 3.81. The molecule has 1 saturated heterocycles. The molecule has 1 aromatic rings. The van der Waals surface area contributed by atoms with Crippen molar-refractivity contribution in [2.75, 3.05) is 13.1 Å². The van der Waals surface area contributed by atoms with Crippen molar-refractivity contribution in [2.24, 2.45) is 11.8 Å². The highest BCUT2D eigenvalue weighted by atomic mass is 16.2. The van der Waals surface area contributed by atoms with Crippen LogP contribution < -0.4 is 5.32 Å². The molecule has 5 heteroatoms. The number of amides is 3. The first-order valence-electron chi connectivity index (χ1n) is 8.74. The highest BCUT2D eigenvalue weighted by Gasteiger charge is 2.48. The largest absolute Gasteiger partial charge is 0.354 e. The van der Waals surface area contributed by atoms with Gasteiger partial charge in [-0.2, -0.15) is 0 Å². The average Bonchev–Trinajstić information content (AvgIpc) is 2.82.